The molecule has 7 nitrogen and oxygen atoms in total. The Bertz CT molecular complexity index is 1170. The van der Waals surface area contributed by atoms with Crippen LogP contribution >= 0.6 is 11.3 Å². The van der Waals surface area contributed by atoms with Crippen molar-refractivity contribution >= 4 is 39.6 Å². The van der Waals surface area contributed by atoms with Crippen LogP contribution in [0, 0.1) is 5.92 Å². The molecule has 4 atom stereocenters. The number of aliphatic hydroxyl groups excluding tert-OH is 1. The quantitative estimate of drug-likeness (QED) is 0.169. The van der Waals surface area contributed by atoms with Crippen molar-refractivity contribution in [1.82, 2.24) is 9.97 Å². The predicted octanol–water partition coefficient (Wildman–Crippen LogP) is 8.60. The summed E-state index contributed by atoms with van der Waals surface area (Å²) in [6.07, 6.45) is 4.28. The van der Waals surface area contributed by atoms with E-state index in [9.17, 15) is 9.90 Å². The zero-order valence-electron chi connectivity index (χ0n) is 27.9. The van der Waals surface area contributed by atoms with Gasteiger partial charge in [0.2, 0.25) is 14.1 Å². The highest BCUT2D eigenvalue weighted by Gasteiger charge is 2.50. The van der Waals surface area contributed by atoms with Crippen molar-refractivity contribution in [2.45, 2.75) is 135 Å². The number of carbonyl (C=O) groups is 1. The molecule has 0 aliphatic heterocycles. The first-order chi connectivity index (χ1) is 19.4. The number of aliphatic hydroxyl groups is 1. The molecule has 0 radical (unpaired) electrons. The molecular weight excluding hydrogens is 579 g/mol. The largest absolute Gasteiger partial charge is 0.416 e. The van der Waals surface area contributed by atoms with E-state index in [0.29, 0.717) is 39.5 Å². The molecule has 1 fully saturated rings. The van der Waals surface area contributed by atoms with Crippen molar-refractivity contribution in [3.05, 3.63) is 40.0 Å². The van der Waals surface area contributed by atoms with Gasteiger partial charge in [-0.15, -0.1) is 11.3 Å². The molecular formula is C32H55N3O4SSi2. The van der Waals surface area contributed by atoms with Crippen LogP contribution < -0.4 is 5.32 Å². The van der Waals surface area contributed by atoms with Gasteiger partial charge in [-0.3, -0.25) is 4.79 Å². The number of ketones is 1. The van der Waals surface area contributed by atoms with E-state index in [1.807, 2.05) is 5.38 Å². The lowest BCUT2D eigenvalue weighted by Gasteiger charge is -2.45. The third-order valence-corrected chi connectivity index (χ3v) is 21.4. The molecule has 2 heterocycles. The zero-order chi connectivity index (χ0) is 31.6. The van der Waals surface area contributed by atoms with Crippen LogP contribution in [0.25, 0.3) is 0 Å². The molecule has 0 bridgehead atoms. The number of rotatable bonds is 13. The fraction of sp³-hybridized carbons (Fsp3) is 0.719. The van der Waals surface area contributed by atoms with Gasteiger partial charge in [0.05, 0.1) is 22.6 Å². The first kappa shape index (κ1) is 35.0. The molecule has 1 unspecified atom stereocenters. The summed E-state index contributed by atoms with van der Waals surface area (Å²) in [6, 6.07) is 1.86. The summed E-state index contributed by atoms with van der Waals surface area (Å²) < 4.78 is 14.2. The van der Waals surface area contributed by atoms with Crippen molar-refractivity contribution in [2.75, 3.05) is 11.9 Å². The Labute approximate surface area is 260 Å². The van der Waals surface area contributed by atoms with Crippen LogP contribution in [0.4, 0.5) is 5.82 Å². The molecule has 2 N–H and O–H groups in total. The Morgan fingerprint density at radius 1 is 1.10 bits per heavy atom. The topological polar surface area (TPSA) is 93.6 Å². The molecule has 2 aromatic rings. The Kier molecular flexibility index (Phi) is 11.4. The molecule has 1 aliphatic carbocycles. The summed E-state index contributed by atoms with van der Waals surface area (Å²) in [5.41, 5.74) is 2.67. The average molecular weight is 634 g/mol. The lowest BCUT2D eigenvalue weighted by molar-refractivity contribution is 0.0971. The molecule has 1 aliphatic rings. The van der Waals surface area contributed by atoms with Crippen molar-refractivity contribution in [2.24, 2.45) is 5.92 Å². The molecule has 236 valence electrons. The third kappa shape index (κ3) is 7.61. The Balaban J connectivity index is 1.89. The summed E-state index contributed by atoms with van der Waals surface area (Å²) in [7, 11) is -4.05. The van der Waals surface area contributed by atoms with E-state index in [1.165, 1.54) is 17.7 Å². The highest BCUT2D eigenvalue weighted by Crippen LogP contribution is 2.46. The summed E-state index contributed by atoms with van der Waals surface area (Å²) in [4.78, 5) is 22.8. The van der Waals surface area contributed by atoms with E-state index in [1.54, 1.807) is 19.2 Å². The number of hydrogen-bond donors (Lipinski definition) is 2. The fourth-order valence-electron chi connectivity index (χ4n) is 6.35. The van der Waals surface area contributed by atoms with E-state index in [0.717, 1.165) is 18.4 Å². The second-order valence-corrected chi connectivity index (χ2v) is 25.8. The molecule has 1 saturated carbocycles. The van der Waals surface area contributed by atoms with Crippen LogP contribution in [0.15, 0.2) is 24.0 Å². The van der Waals surface area contributed by atoms with Gasteiger partial charge in [0.25, 0.3) is 0 Å². The van der Waals surface area contributed by atoms with Crippen molar-refractivity contribution in [3.8, 4) is 0 Å². The van der Waals surface area contributed by atoms with Crippen molar-refractivity contribution in [3.63, 3.8) is 0 Å². The maximum Gasteiger partial charge on any atom is 0.208 e. The summed E-state index contributed by atoms with van der Waals surface area (Å²) in [6.45, 7) is 27.9. The minimum Gasteiger partial charge on any atom is -0.416 e. The van der Waals surface area contributed by atoms with Gasteiger partial charge in [-0.05, 0) is 71.5 Å². The molecule has 3 rings (SSSR count). The maximum absolute atomic E-state index is 13.5. The van der Waals surface area contributed by atoms with Gasteiger partial charge in [-0.1, -0.05) is 62.3 Å². The van der Waals surface area contributed by atoms with Gasteiger partial charge in [0, 0.05) is 24.8 Å². The number of aromatic nitrogens is 2. The highest BCUT2D eigenvalue weighted by atomic mass is 32.1. The predicted molar refractivity (Wildman–Crippen MR) is 180 cm³/mol. The van der Waals surface area contributed by atoms with Gasteiger partial charge in [-0.2, -0.15) is 0 Å². The SMILES string of the molecule is CC(C)[Si](OC1C[C@H](Nc2ncncc2C(=O)c2cc([C@@H](C)O)cs2)C[C@@H]1CO[Si](C)(C)C(C)(C)C)(C(C)C)C(C)C. The van der Waals surface area contributed by atoms with Crippen LogP contribution in [-0.4, -0.2) is 56.2 Å². The molecule has 0 aromatic carbocycles. The van der Waals surface area contributed by atoms with Crippen LogP contribution in [0.3, 0.4) is 0 Å². The minimum absolute atomic E-state index is 0.0815. The van der Waals surface area contributed by atoms with E-state index in [-0.39, 0.29) is 28.9 Å². The summed E-state index contributed by atoms with van der Waals surface area (Å²) in [5.74, 6) is 0.674. The van der Waals surface area contributed by atoms with E-state index >= 15 is 0 Å². The van der Waals surface area contributed by atoms with Crippen LogP contribution in [0.5, 0.6) is 0 Å². The minimum atomic E-state index is -2.12. The average Bonchev–Trinajstić information content (AvgIpc) is 3.52. The first-order valence-corrected chi connectivity index (χ1v) is 21.5. The number of hydrogen-bond acceptors (Lipinski definition) is 8. The molecule has 2 aromatic heterocycles. The smallest absolute Gasteiger partial charge is 0.208 e. The lowest BCUT2D eigenvalue weighted by Crippen LogP contribution is -2.51. The molecule has 0 spiro atoms. The van der Waals surface area contributed by atoms with E-state index in [4.69, 9.17) is 8.85 Å². The number of thiophene rings is 1. The number of nitrogens with zero attached hydrogens (tertiary/aromatic N) is 2. The first-order valence-electron chi connectivity index (χ1n) is 15.6. The summed E-state index contributed by atoms with van der Waals surface area (Å²) >= 11 is 1.34. The summed E-state index contributed by atoms with van der Waals surface area (Å²) in [5, 5.41) is 15.5. The second kappa shape index (κ2) is 13.7. The number of nitrogens with one attached hydrogen (secondary N) is 1. The molecule has 0 amide bonds. The van der Waals surface area contributed by atoms with E-state index < -0.39 is 22.7 Å². The Morgan fingerprint density at radius 3 is 2.24 bits per heavy atom. The van der Waals surface area contributed by atoms with Crippen molar-refractivity contribution in [1.29, 1.82) is 0 Å². The van der Waals surface area contributed by atoms with Gasteiger partial charge in [-0.25, -0.2) is 9.97 Å². The fourth-order valence-corrected chi connectivity index (χ4v) is 14.0. The third-order valence-electron chi connectivity index (χ3n) is 9.78. The Hall–Kier alpha value is -1.44. The van der Waals surface area contributed by atoms with Gasteiger partial charge < -0.3 is 19.3 Å². The van der Waals surface area contributed by atoms with E-state index in [2.05, 4.69) is 90.7 Å². The molecule has 42 heavy (non-hydrogen) atoms. The monoisotopic (exact) mass is 633 g/mol. The number of carbonyl (C=O) groups excluding carboxylic acids is 1. The lowest BCUT2D eigenvalue weighted by atomic mass is 10.1. The Morgan fingerprint density at radius 2 is 1.71 bits per heavy atom. The van der Waals surface area contributed by atoms with Gasteiger partial charge in [0.15, 0.2) is 8.32 Å². The van der Waals surface area contributed by atoms with Crippen LogP contribution in [0.1, 0.15) is 109 Å². The van der Waals surface area contributed by atoms with Gasteiger partial charge in [0.1, 0.15) is 12.1 Å². The second-order valence-electron chi connectivity index (χ2n) is 14.7. The molecule has 0 saturated heterocycles. The molecule has 10 heteroatoms. The zero-order valence-corrected chi connectivity index (χ0v) is 30.8. The van der Waals surface area contributed by atoms with Crippen LogP contribution in [0.2, 0.25) is 34.8 Å². The highest BCUT2D eigenvalue weighted by molar-refractivity contribution is 7.12. The van der Waals surface area contributed by atoms with Crippen molar-refractivity contribution < 1.29 is 18.8 Å². The standard InChI is InChI=1S/C32H55N3O4SSi2/c1-20(2)42(21(3)4,22(5)6)39-28-15-26(13-24(28)17-38-41(11,12)32(8,9)10)35-31-27(16-33-19-34-31)30(37)29-14-25(18-40-29)23(7)36/h14,16,18-24,26,28,36H,13,15,17H2,1-12H3,(H,33,34,35)/t23-,24-,26-,28?/m1/s1. The van der Waals surface area contributed by atoms with Gasteiger partial charge >= 0.3 is 0 Å². The maximum atomic E-state index is 13.5. The van der Waals surface area contributed by atoms with Crippen LogP contribution in [-0.2, 0) is 8.85 Å². The number of anilines is 1. The normalized spacial score (nSPS) is 21.0.